The highest BCUT2D eigenvalue weighted by Gasteiger charge is 2.41. The highest BCUT2D eigenvalue weighted by Crippen LogP contribution is 2.47. The van der Waals surface area contributed by atoms with Gasteiger partial charge in [0.2, 0.25) is 0 Å². The molecule has 0 unspecified atom stereocenters. The summed E-state index contributed by atoms with van der Waals surface area (Å²) in [6.45, 7) is 3.57. The van der Waals surface area contributed by atoms with Crippen LogP contribution in [-0.4, -0.2) is 29.6 Å². The van der Waals surface area contributed by atoms with Crippen LogP contribution in [0.2, 0.25) is 0 Å². The summed E-state index contributed by atoms with van der Waals surface area (Å²) < 4.78 is 11.1. The van der Waals surface area contributed by atoms with E-state index in [1.54, 1.807) is 0 Å². The van der Waals surface area contributed by atoms with E-state index in [0.717, 1.165) is 30.4 Å². The first-order valence-corrected chi connectivity index (χ1v) is 7.73. The maximum atomic E-state index is 11.8. The predicted molar refractivity (Wildman–Crippen MR) is 73.2 cm³/mol. The molecule has 4 rings (SSSR count). The number of rotatable bonds is 5. The molecule has 20 heavy (non-hydrogen) atoms. The maximum absolute atomic E-state index is 11.8. The van der Waals surface area contributed by atoms with Crippen LogP contribution >= 0.6 is 0 Å². The first-order chi connectivity index (χ1) is 9.72. The van der Waals surface area contributed by atoms with Gasteiger partial charge in [-0.15, -0.1) is 0 Å². The predicted octanol–water partition coefficient (Wildman–Crippen LogP) is 2.68. The molecule has 1 aromatic heterocycles. The topological polar surface area (TPSA) is 42.7 Å². The van der Waals surface area contributed by atoms with Gasteiger partial charge in [0.15, 0.2) is 0 Å². The first kappa shape index (κ1) is 12.5. The lowest BCUT2D eigenvalue weighted by Gasteiger charge is -2.24. The van der Waals surface area contributed by atoms with E-state index in [-0.39, 0.29) is 12.0 Å². The molecule has 0 amide bonds. The number of nitrogens with zero attached hydrogens (tertiary/aromatic N) is 1. The maximum Gasteiger partial charge on any atom is 0.323 e. The Labute approximate surface area is 119 Å². The van der Waals surface area contributed by atoms with Crippen LogP contribution in [-0.2, 0) is 16.1 Å². The summed E-state index contributed by atoms with van der Waals surface area (Å²) in [5.74, 6) is 3.44. The fraction of sp³-hybridized carbons (Fsp3) is 0.688. The van der Waals surface area contributed by atoms with E-state index < -0.39 is 0 Å². The summed E-state index contributed by atoms with van der Waals surface area (Å²) in [6, 6.07) is 4.67. The zero-order valence-electron chi connectivity index (χ0n) is 11.9. The number of esters is 1. The van der Waals surface area contributed by atoms with Crippen LogP contribution in [0.3, 0.4) is 0 Å². The average Bonchev–Trinajstić information content (AvgIpc) is 3.31. The third kappa shape index (κ3) is 2.26. The highest BCUT2D eigenvalue weighted by molar-refractivity contribution is 5.77. The lowest BCUT2D eigenvalue weighted by molar-refractivity contribution is -0.142. The molecule has 3 fully saturated rings. The largest absolute Gasteiger partial charge is 0.464 e. The summed E-state index contributed by atoms with van der Waals surface area (Å²) in [5, 5.41) is 0. The first-order valence-electron chi connectivity index (χ1n) is 7.73. The van der Waals surface area contributed by atoms with Crippen molar-refractivity contribution in [3.8, 4) is 0 Å². The van der Waals surface area contributed by atoms with Gasteiger partial charge >= 0.3 is 5.97 Å². The zero-order chi connectivity index (χ0) is 13.7. The highest BCUT2D eigenvalue weighted by atomic mass is 16.5. The van der Waals surface area contributed by atoms with Crippen molar-refractivity contribution in [1.29, 1.82) is 0 Å². The molecular formula is C16H21NO3. The fourth-order valence-corrected chi connectivity index (χ4v) is 3.26. The van der Waals surface area contributed by atoms with E-state index in [1.807, 2.05) is 0 Å². The minimum Gasteiger partial charge on any atom is -0.464 e. The number of cyclic esters (lactones) is 1. The quantitative estimate of drug-likeness (QED) is 0.775. The van der Waals surface area contributed by atoms with Crippen molar-refractivity contribution < 1.29 is 13.9 Å². The van der Waals surface area contributed by atoms with Crippen molar-refractivity contribution in [3.05, 3.63) is 23.7 Å². The van der Waals surface area contributed by atoms with Crippen molar-refractivity contribution in [3.63, 3.8) is 0 Å². The molecule has 0 bridgehead atoms. The summed E-state index contributed by atoms with van der Waals surface area (Å²) in [7, 11) is 0. The van der Waals surface area contributed by atoms with Crippen LogP contribution in [0.15, 0.2) is 16.5 Å². The molecule has 3 aliphatic rings. The standard InChI is InChI=1S/C16H21NO3/c1-10-8-13(10)15-5-4-12(20-15)9-17(11-2-3-11)14-6-7-19-16(14)18/h4-5,10-11,13-14H,2-3,6-9H2,1H3/t10-,13+,14+/m1/s1. The van der Waals surface area contributed by atoms with E-state index in [4.69, 9.17) is 9.15 Å². The van der Waals surface area contributed by atoms with Gasteiger partial charge in [-0.25, -0.2) is 0 Å². The number of hydrogen-bond acceptors (Lipinski definition) is 4. The Kier molecular flexibility index (Phi) is 2.88. The van der Waals surface area contributed by atoms with Crippen LogP contribution in [0, 0.1) is 5.92 Å². The normalized spacial score (nSPS) is 32.7. The molecule has 1 aromatic rings. The van der Waals surface area contributed by atoms with Crippen molar-refractivity contribution in [2.75, 3.05) is 6.61 Å². The summed E-state index contributed by atoms with van der Waals surface area (Å²) in [4.78, 5) is 14.1. The Bertz CT molecular complexity index is 520. The second-order valence-corrected chi connectivity index (χ2v) is 6.50. The van der Waals surface area contributed by atoms with Gasteiger partial charge in [-0.05, 0) is 37.3 Å². The lowest BCUT2D eigenvalue weighted by Crippen LogP contribution is -2.39. The molecule has 1 aliphatic heterocycles. The van der Waals surface area contributed by atoms with Crippen molar-refractivity contribution >= 4 is 5.97 Å². The second kappa shape index (κ2) is 4.62. The van der Waals surface area contributed by atoms with Gasteiger partial charge in [0.1, 0.15) is 17.6 Å². The third-order valence-electron chi connectivity index (χ3n) is 4.82. The van der Waals surface area contributed by atoms with Gasteiger partial charge in [0, 0.05) is 18.4 Å². The molecule has 2 aliphatic carbocycles. The molecule has 1 saturated heterocycles. The molecular weight excluding hydrogens is 254 g/mol. The van der Waals surface area contributed by atoms with Gasteiger partial charge in [0.25, 0.3) is 0 Å². The number of carbonyl (C=O) groups excluding carboxylic acids is 1. The van der Waals surface area contributed by atoms with Gasteiger partial charge in [-0.2, -0.15) is 0 Å². The number of ether oxygens (including phenoxy) is 1. The summed E-state index contributed by atoms with van der Waals surface area (Å²) in [6.07, 6.45) is 4.45. The van der Waals surface area contributed by atoms with E-state index in [1.165, 1.54) is 19.3 Å². The van der Waals surface area contributed by atoms with E-state index in [9.17, 15) is 4.79 Å². The van der Waals surface area contributed by atoms with Crippen molar-refractivity contribution in [1.82, 2.24) is 4.90 Å². The third-order valence-corrected chi connectivity index (χ3v) is 4.82. The minimum atomic E-state index is -0.0594. The Balaban J connectivity index is 1.47. The zero-order valence-corrected chi connectivity index (χ0v) is 11.9. The molecule has 108 valence electrons. The Morgan fingerprint density at radius 3 is 2.70 bits per heavy atom. The molecule has 2 saturated carbocycles. The van der Waals surface area contributed by atoms with Crippen LogP contribution in [0.4, 0.5) is 0 Å². The van der Waals surface area contributed by atoms with E-state index in [2.05, 4.69) is 24.0 Å². The van der Waals surface area contributed by atoms with Crippen LogP contribution in [0.5, 0.6) is 0 Å². The Hall–Kier alpha value is -1.29. The smallest absolute Gasteiger partial charge is 0.323 e. The molecule has 0 spiro atoms. The molecule has 0 N–H and O–H groups in total. The molecule has 2 heterocycles. The Morgan fingerprint density at radius 2 is 2.10 bits per heavy atom. The van der Waals surface area contributed by atoms with Crippen LogP contribution < -0.4 is 0 Å². The molecule has 4 nitrogen and oxygen atoms in total. The summed E-state index contributed by atoms with van der Waals surface area (Å²) in [5.41, 5.74) is 0. The van der Waals surface area contributed by atoms with Gasteiger partial charge in [-0.1, -0.05) is 6.92 Å². The van der Waals surface area contributed by atoms with Crippen LogP contribution in [0.1, 0.15) is 50.0 Å². The van der Waals surface area contributed by atoms with Gasteiger partial charge < -0.3 is 9.15 Å². The second-order valence-electron chi connectivity index (χ2n) is 6.50. The SMILES string of the molecule is C[C@@H]1C[C@@H]1c1ccc(CN(C2CC2)[C@H]2CCOC2=O)o1. The summed E-state index contributed by atoms with van der Waals surface area (Å²) >= 11 is 0. The fourth-order valence-electron chi connectivity index (χ4n) is 3.26. The minimum absolute atomic E-state index is 0.0560. The van der Waals surface area contributed by atoms with Crippen molar-refractivity contribution in [2.24, 2.45) is 5.92 Å². The monoisotopic (exact) mass is 275 g/mol. The van der Waals surface area contributed by atoms with E-state index >= 15 is 0 Å². The number of carbonyl (C=O) groups is 1. The lowest BCUT2D eigenvalue weighted by atomic mass is 10.2. The Morgan fingerprint density at radius 1 is 1.30 bits per heavy atom. The average molecular weight is 275 g/mol. The number of furan rings is 1. The molecule has 0 radical (unpaired) electrons. The van der Waals surface area contributed by atoms with Gasteiger partial charge in [-0.3, -0.25) is 9.69 Å². The van der Waals surface area contributed by atoms with Gasteiger partial charge in [0.05, 0.1) is 13.2 Å². The molecule has 0 aromatic carbocycles. The molecule has 4 heteroatoms. The van der Waals surface area contributed by atoms with E-state index in [0.29, 0.717) is 18.6 Å². The number of hydrogen-bond donors (Lipinski definition) is 0. The van der Waals surface area contributed by atoms with Crippen LogP contribution in [0.25, 0.3) is 0 Å². The molecule has 3 atom stereocenters. The van der Waals surface area contributed by atoms with Crippen molar-refractivity contribution in [2.45, 2.75) is 57.2 Å².